The van der Waals surface area contributed by atoms with Crippen LogP contribution >= 0.6 is 11.6 Å². The normalized spacial score (nSPS) is 20.8. The molecule has 0 saturated carbocycles. The van der Waals surface area contributed by atoms with Crippen LogP contribution in [-0.2, 0) is 0 Å². The first-order chi connectivity index (χ1) is 9.56. The van der Waals surface area contributed by atoms with Crippen LogP contribution in [0, 0.1) is 0 Å². The van der Waals surface area contributed by atoms with Gasteiger partial charge in [-0.3, -0.25) is 9.98 Å². The highest BCUT2D eigenvalue weighted by atomic mass is 35.5. The molecule has 102 valence electrons. The molecule has 0 bridgehead atoms. The van der Waals surface area contributed by atoms with Crippen molar-refractivity contribution < 1.29 is 0 Å². The summed E-state index contributed by atoms with van der Waals surface area (Å²) in [5.41, 5.74) is 3.29. The Labute approximate surface area is 124 Å². The molecule has 0 aliphatic carbocycles. The van der Waals surface area contributed by atoms with Crippen LogP contribution in [0.15, 0.2) is 53.7 Å². The molecule has 1 aromatic heterocycles. The first-order valence-corrected chi connectivity index (χ1v) is 7.20. The lowest BCUT2D eigenvalue weighted by Crippen LogP contribution is -2.23. The van der Waals surface area contributed by atoms with E-state index in [9.17, 15) is 0 Å². The monoisotopic (exact) mass is 284 g/mol. The molecule has 2 heterocycles. The number of hydrogen-bond donors (Lipinski definition) is 0. The van der Waals surface area contributed by atoms with Crippen LogP contribution in [0.25, 0.3) is 0 Å². The van der Waals surface area contributed by atoms with Crippen molar-refractivity contribution >= 4 is 17.3 Å². The average molecular weight is 285 g/mol. The Kier molecular flexibility index (Phi) is 3.35. The molecule has 0 radical (unpaired) electrons. The Hall–Kier alpha value is -1.67. The average Bonchev–Trinajstić information content (AvgIpc) is 2.76. The second-order valence-electron chi connectivity index (χ2n) is 5.73. The number of rotatable bonds is 2. The third-order valence-electron chi connectivity index (χ3n) is 3.90. The molecule has 1 aliphatic heterocycles. The van der Waals surface area contributed by atoms with Crippen LogP contribution in [0.3, 0.4) is 0 Å². The van der Waals surface area contributed by atoms with E-state index in [1.807, 2.05) is 42.6 Å². The summed E-state index contributed by atoms with van der Waals surface area (Å²) < 4.78 is 0. The molecule has 1 atom stereocenters. The van der Waals surface area contributed by atoms with Gasteiger partial charge in [0.05, 0.1) is 5.54 Å². The van der Waals surface area contributed by atoms with Gasteiger partial charge in [-0.05, 0) is 43.7 Å². The second-order valence-corrected chi connectivity index (χ2v) is 6.17. The first-order valence-electron chi connectivity index (χ1n) is 6.82. The number of halogens is 1. The highest BCUT2D eigenvalue weighted by Gasteiger charge is 2.38. The third-order valence-corrected chi connectivity index (χ3v) is 4.15. The molecule has 1 unspecified atom stereocenters. The molecule has 1 aromatic carbocycles. The molecule has 0 amide bonds. The maximum absolute atomic E-state index is 5.95. The Bertz CT molecular complexity index is 630. The third kappa shape index (κ3) is 2.48. The molecule has 3 rings (SSSR count). The summed E-state index contributed by atoms with van der Waals surface area (Å²) in [6.45, 7) is 4.35. The van der Waals surface area contributed by atoms with Crippen molar-refractivity contribution in [1.82, 2.24) is 4.98 Å². The summed E-state index contributed by atoms with van der Waals surface area (Å²) in [7, 11) is 0. The summed E-state index contributed by atoms with van der Waals surface area (Å²) in [5, 5.41) is 0.757. The standard InChI is InChI=1S/C17H17ClN2/c1-17(2)14(15-5-3-4-10-19-15)11-16(20-17)12-6-8-13(18)9-7-12/h3-10,14H,11H2,1-2H3. The lowest BCUT2D eigenvalue weighted by molar-refractivity contribution is 0.445. The molecule has 0 fully saturated rings. The Balaban J connectivity index is 1.92. The van der Waals surface area contributed by atoms with Gasteiger partial charge in [0.15, 0.2) is 0 Å². The number of nitrogens with zero attached hydrogens (tertiary/aromatic N) is 2. The zero-order valence-electron chi connectivity index (χ0n) is 11.7. The van der Waals surface area contributed by atoms with Crippen LogP contribution in [0.2, 0.25) is 5.02 Å². The van der Waals surface area contributed by atoms with Gasteiger partial charge in [-0.2, -0.15) is 0 Å². The zero-order chi connectivity index (χ0) is 14.2. The topological polar surface area (TPSA) is 25.2 Å². The van der Waals surface area contributed by atoms with E-state index in [1.54, 1.807) is 0 Å². The van der Waals surface area contributed by atoms with Gasteiger partial charge in [0.2, 0.25) is 0 Å². The molecule has 3 heteroatoms. The molecule has 1 aliphatic rings. The van der Waals surface area contributed by atoms with E-state index < -0.39 is 0 Å². The fourth-order valence-electron chi connectivity index (χ4n) is 2.79. The minimum atomic E-state index is -0.122. The molecule has 2 aromatic rings. The highest BCUT2D eigenvalue weighted by Crippen LogP contribution is 2.40. The molecule has 2 nitrogen and oxygen atoms in total. The van der Waals surface area contributed by atoms with E-state index >= 15 is 0 Å². The second kappa shape index (κ2) is 5.02. The van der Waals surface area contributed by atoms with E-state index in [0.29, 0.717) is 5.92 Å². The lowest BCUT2D eigenvalue weighted by atomic mass is 9.84. The summed E-state index contributed by atoms with van der Waals surface area (Å²) >= 11 is 5.95. The van der Waals surface area contributed by atoms with Gasteiger partial charge >= 0.3 is 0 Å². The smallest absolute Gasteiger partial charge is 0.0642 e. The Morgan fingerprint density at radius 2 is 1.85 bits per heavy atom. The summed E-state index contributed by atoms with van der Waals surface area (Å²) in [5.74, 6) is 0.328. The largest absolute Gasteiger partial charge is 0.282 e. The van der Waals surface area contributed by atoms with Crippen LogP contribution < -0.4 is 0 Å². The van der Waals surface area contributed by atoms with Gasteiger partial charge in [0.25, 0.3) is 0 Å². The van der Waals surface area contributed by atoms with Gasteiger partial charge in [-0.1, -0.05) is 29.8 Å². The highest BCUT2D eigenvalue weighted by molar-refractivity contribution is 6.30. The van der Waals surface area contributed by atoms with E-state index in [-0.39, 0.29) is 5.54 Å². The van der Waals surface area contributed by atoms with Gasteiger partial charge < -0.3 is 0 Å². The summed E-state index contributed by atoms with van der Waals surface area (Å²) in [6, 6.07) is 14.0. The minimum absolute atomic E-state index is 0.122. The number of aliphatic imine (C=N–C) groups is 1. The van der Waals surface area contributed by atoms with Gasteiger partial charge in [-0.25, -0.2) is 0 Å². The maximum atomic E-state index is 5.95. The first kappa shape index (κ1) is 13.3. The quantitative estimate of drug-likeness (QED) is 0.797. The summed E-state index contributed by atoms with van der Waals surface area (Å²) in [4.78, 5) is 9.42. The maximum Gasteiger partial charge on any atom is 0.0642 e. The molecule has 20 heavy (non-hydrogen) atoms. The van der Waals surface area contributed by atoms with Crippen molar-refractivity contribution in [2.75, 3.05) is 0 Å². The predicted molar refractivity (Wildman–Crippen MR) is 83.7 cm³/mol. The van der Waals surface area contributed by atoms with Gasteiger partial charge in [-0.15, -0.1) is 0 Å². The van der Waals surface area contributed by atoms with E-state index in [1.165, 1.54) is 0 Å². The van der Waals surface area contributed by atoms with E-state index in [0.717, 1.165) is 28.4 Å². The predicted octanol–water partition coefficient (Wildman–Crippen LogP) is 4.49. The van der Waals surface area contributed by atoms with Crippen molar-refractivity contribution in [3.63, 3.8) is 0 Å². The fraction of sp³-hybridized carbons (Fsp3) is 0.294. The van der Waals surface area contributed by atoms with Gasteiger partial charge in [0.1, 0.15) is 0 Å². The molecule has 0 saturated heterocycles. The molecule has 0 spiro atoms. The van der Waals surface area contributed by atoms with Crippen molar-refractivity contribution in [2.24, 2.45) is 4.99 Å². The van der Waals surface area contributed by atoms with E-state index in [4.69, 9.17) is 16.6 Å². The minimum Gasteiger partial charge on any atom is -0.282 e. The SMILES string of the molecule is CC1(C)N=C(c2ccc(Cl)cc2)CC1c1ccccn1. The van der Waals surface area contributed by atoms with Crippen molar-refractivity contribution in [3.8, 4) is 0 Å². The van der Waals surface area contributed by atoms with Crippen molar-refractivity contribution in [3.05, 3.63) is 64.9 Å². The van der Waals surface area contributed by atoms with Gasteiger partial charge in [0, 0.05) is 35.0 Å². The lowest BCUT2D eigenvalue weighted by Gasteiger charge is -2.23. The van der Waals surface area contributed by atoms with Crippen LogP contribution in [0.1, 0.15) is 37.4 Å². The van der Waals surface area contributed by atoms with Crippen molar-refractivity contribution in [2.45, 2.75) is 31.7 Å². The Morgan fingerprint density at radius 1 is 1.10 bits per heavy atom. The number of aromatic nitrogens is 1. The van der Waals surface area contributed by atoms with Crippen molar-refractivity contribution in [1.29, 1.82) is 0 Å². The molecular formula is C17H17ClN2. The van der Waals surface area contributed by atoms with Crippen LogP contribution in [0.5, 0.6) is 0 Å². The fourth-order valence-corrected chi connectivity index (χ4v) is 2.91. The van der Waals surface area contributed by atoms with E-state index in [2.05, 4.69) is 24.9 Å². The van der Waals surface area contributed by atoms with Crippen LogP contribution in [0.4, 0.5) is 0 Å². The molecular weight excluding hydrogens is 268 g/mol. The van der Waals surface area contributed by atoms with Crippen LogP contribution in [-0.4, -0.2) is 16.2 Å². The number of benzene rings is 1. The Morgan fingerprint density at radius 3 is 2.50 bits per heavy atom. The molecule has 0 N–H and O–H groups in total. The summed E-state index contributed by atoms with van der Waals surface area (Å²) in [6.07, 6.45) is 2.78. The number of hydrogen-bond acceptors (Lipinski definition) is 2. The zero-order valence-corrected chi connectivity index (χ0v) is 12.4. The number of pyridine rings is 1.